The zero-order valence-corrected chi connectivity index (χ0v) is 27.6. The minimum atomic E-state index is -0.349. The largest absolute Gasteiger partial charge is 0.464 e. The molecule has 4 aliphatic carbocycles. The predicted octanol–water partition coefficient (Wildman–Crippen LogP) is 6.84. The van der Waals surface area contributed by atoms with E-state index in [1.807, 2.05) is 30.3 Å². The van der Waals surface area contributed by atoms with Crippen molar-refractivity contribution in [2.75, 3.05) is 6.61 Å². The van der Waals surface area contributed by atoms with Crippen molar-refractivity contribution in [3.05, 3.63) is 48.2 Å². The van der Waals surface area contributed by atoms with Crippen LogP contribution in [0.3, 0.4) is 0 Å². The maximum Gasteiger partial charge on any atom is 0.327 e. The van der Waals surface area contributed by atoms with E-state index in [2.05, 4.69) is 57.9 Å². The molecule has 0 unspecified atom stereocenters. The summed E-state index contributed by atoms with van der Waals surface area (Å²) in [5, 5.41) is 31.2. The Morgan fingerprint density at radius 3 is 2.55 bits per heavy atom. The maximum atomic E-state index is 12.5. The summed E-state index contributed by atoms with van der Waals surface area (Å²) < 4.78 is 7.15. The van der Waals surface area contributed by atoms with Crippen molar-refractivity contribution in [3.63, 3.8) is 0 Å². The van der Waals surface area contributed by atoms with E-state index in [0.29, 0.717) is 30.3 Å². The van der Waals surface area contributed by atoms with Crippen LogP contribution >= 0.6 is 0 Å². The first kappa shape index (κ1) is 31.5. The first-order valence-electron chi connectivity index (χ1n) is 17.0. The van der Waals surface area contributed by atoms with Gasteiger partial charge >= 0.3 is 5.97 Å². The van der Waals surface area contributed by atoms with Gasteiger partial charge in [0.1, 0.15) is 12.2 Å². The van der Waals surface area contributed by atoms with Gasteiger partial charge in [-0.1, -0.05) is 88.7 Å². The van der Waals surface area contributed by atoms with Crippen molar-refractivity contribution >= 4 is 5.97 Å². The van der Waals surface area contributed by atoms with Crippen LogP contribution in [0.1, 0.15) is 92.9 Å². The molecule has 0 spiro atoms. The van der Waals surface area contributed by atoms with Gasteiger partial charge in [0.2, 0.25) is 0 Å². The first-order valence-corrected chi connectivity index (χ1v) is 17.0. The van der Waals surface area contributed by atoms with Crippen LogP contribution < -0.4 is 0 Å². The lowest BCUT2D eigenvalue weighted by Crippen LogP contribution is -2.64. The first-order chi connectivity index (χ1) is 20.8. The second kappa shape index (κ2) is 11.4. The van der Waals surface area contributed by atoms with Crippen LogP contribution in [0.4, 0.5) is 0 Å². The fourth-order valence-electron chi connectivity index (χ4n) is 10.7. The van der Waals surface area contributed by atoms with Crippen LogP contribution in [0.2, 0.25) is 0 Å². The molecule has 0 radical (unpaired) electrons. The van der Waals surface area contributed by atoms with Gasteiger partial charge in [-0.15, -0.1) is 5.10 Å². The number of benzene rings is 1. The molecule has 0 amide bonds. The summed E-state index contributed by atoms with van der Waals surface area (Å²) in [5.74, 6) is 1.49. The van der Waals surface area contributed by atoms with Gasteiger partial charge < -0.3 is 14.9 Å². The van der Waals surface area contributed by atoms with E-state index in [-0.39, 0.29) is 46.4 Å². The molecule has 3 saturated carbocycles. The number of hydrogen-bond acceptors (Lipinski definition) is 6. The van der Waals surface area contributed by atoms with E-state index in [0.717, 1.165) is 49.8 Å². The maximum absolute atomic E-state index is 12.5. The standard InChI is InChI=1S/C37H53N3O4/c1-24(11-10-20-44-33(43)23-40-22-29(38-39-40)25-12-8-7-9-13-25)26-18-19-35(4)30-16-14-27-28(15-17-31(41)34(27,2)3)37(30,6)32(42)21-36(26,35)5/h7-9,12-14,22,24,26,28,30-32,41-42H,10-11,15-21,23H2,1-6H3/t24-,26-,28-,30+,31+,32-,35+,36-,37+/m1/s1. The quantitative estimate of drug-likeness (QED) is 0.195. The van der Waals surface area contributed by atoms with Crippen molar-refractivity contribution in [2.24, 2.45) is 45.3 Å². The third kappa shape index (κ3) is 4.88. The molecule has 2 N–H and O–H groups in total. The van der Waals surface area contributed by atoms with Crippen LogP contribution in [-0.2, 0) is 16.1 Å². The Morgan fingerprint density at radius 2 is 1.80 bits per heavy atom. The highest BCUT2D eigenvalue weighted by Gasteiger charge is 2.70. The Labute approximate surface area is 263 Å². The molecule has 2 aromatic rings. The molecule has 7 heteroatoms. The summed E-state index contributed by atoms with van der Waals surface area (Å²) in [5.41, 5.74) is 2.93. The summed E-state index contributed by atoms with van der Waals surface area (Å²) in [6.45, 7) is 14.6. The third-order valence-electron chi connectivity index (χ3n) is 13.6. The van der Waals surface area contributed by atoms with Crippen molar-refractivity contribution in [1.29, 1.82) is 0 Å². The molecule has 7 nitrogen and oxygen atoms in total. The zero-order valence-electron chi connectivity index (χ0n) is 27.6. The van der Waals surface area contributed by atoms with Crippen molar-refractivity contribution in [1.82, 2.24) is 15.0 Å². The summed E-state index contributed by atoms with van der Waals surface area (Å²) >= 11 is 0. The third-order valence-corrected chi connectivity index (χ3v) is 13.6. The van der Waals surface area contributed by atoms with E-state index in [4.69, 9.17) is 4.74 Å². The van der Waals surface area contributed by atoms with Crippen LogP contribution in [-0.4, -0.2) is 50.0 Å². The van der Waals surface area contributed by atoms with Crippen LogP contribution in [0, 0.1) is 45.3 Å². The molecule has 1 heterocycles. The number of ether oxygens (including phenoxy) is 1. The summed E-state index contributed by atoms with van der Waals surface area (Å²) in [4.78, 5) is 12.5. The van der Waals surface area contributed by atoms with Crippen molar-refractivity contribution < 1.29 is 19.7 Å². The molecule has 44 heavy (non-hydrogen) atoms. The highest BCUT2D eigenvalue weighted by Crippen LogP contribution is 2.74. The molecule has 0 bridgehead atoms. The fourth-order valence-corrected chi connectivity index (χ4v) is 10.7. The van der Waals surface area contributed by atoms with Gasteiger partial charge in [0.25, 0.3) is 0 Å². The molecule has 4 aliphatic rings. The van der Waals surface area contributed by atoms with Crippen molar-refractivity contribution in [2.45, 2.75) is 112 Å². The number of aromatic nitrogens is 3. The number of carbonyl (C=O) groups is 1. The SMILES string of the molecule is C[C@H](CCCOC(=O)Cn1cc(-c2ccccc2)nn1)[C@H]1CC[C@@]2(C)[C@@H]3CC=C4[C@@H](CC[C@H](O)C4(C)C)[C@]3(C)[C@H](O)C[C@]12C. The number of aliphatic hydroxyl groups is 2. The predicted molar refractivity (Wildman–Crippen MR) is 171 cm³/mol. The Balaban J connectivity index is 1.06. The number of aliphatic hydroxyl groups excluding tert-OH is 2. The van der Waals surface area contributed by atoms with E-state index >= 15 is 0 Å². The van der Waals surface area contributed by atoms with Crippen LogP contribution in [0.5, 0.6) is 0 Å². The van der Waals surface area contributed by atoms with Gasteiger partial charge in [0.05, 0.1) is 25.0 Å². The second-order valence-corrected chi connectivity index (χ2v) is 15.9. The number of carbonyl (C=O) groups excluding carboxylic acids is 1. The highest BCUT2D eigenvalue weighted by molar-refractivity contribution is 5.69. The van der Waals surface area contributed by atoms with Gasteiger partial charge in [-0.2, -0.15) is 0 Å². The average Bonchev–Trinajstić information content (AvgIpc) is 3.56. The molecular formula is C37H53N3O4. The highest BCUT2D eigenvalue weighted by atomic mass is 16.5. The smallest absolute Gasteiger partial charge is 0.327 e. The summed E-state index contributed by atoms with van der Waals surface area (Å²) in [6, 6.07) is 9.81. The average molecular weight is 604 g/mol. The van der Waals surface area contributed by atoms with Crippen LogP contribution in [0.25, 0.3) is 11.3 Å². The summed E-state index contributed by atoms with van der Waals surface area (Å²) in [6.07, 6.45) is 11.4. The monoisotopic (exact) mass is 603 g/mol. The van der Waals surface area contributed by atoms with E-state index in [9.17, 15) is 15.0 Å². The number of rotatable bonds is 8. The molecule has 1 aromatic heterocycles. The van der Waals surface area contributed by atoms with Crippen molar-refractivity contribution in [3.8, 4) is 11.3 Å². The normalized spacial score (nSPS) is 38.2. The second-order valence-electron chi connectivity index (χ2n) is 15.9. The minimum Gasteiger partial charge on any atom is -0.464 e. The lowest BCUT2D eigenvalue weighted by Gasteiger charge is -2.67. The number of allylic oxidation sites excluding steroid dienone is 1. The molecule has 9 atom stereocenters. The topological polar surface area (TPSA) is 97.5 Å². The van der Waals surface area contributed by atoms with Gasteiger partial charge in [-0.3, -0.25) is 4.79 Å². The Bertz CT molecular complexity index is 1390. The van der Waals surface area contributed by atoms with E-state index in [1.54, 1.807) is 6.20 Å². The number of fused-ring (bicyclic) bond motifs is 5. The molecule has 3 fully saturated rings. The molecule has 0 aliphatic heterocycles. The Morgan fingerprint density at radius 1 is 1.05 bits per heavy atom. The van der Waals surface area contributed by atoms with Gasteiger partial charge in [0, 0.05) is 16.4 Å². The Hall–Kier alpha value is -2.51. The lowest BCUT2D eigenvalue weighted by molar-refractivity contribution is -0.204. The Kier molecular flexibility index (Phi) is 8.14. The van der Waals surface area contributed by atoms with Gasteiger partial charge in [-0.25, -0.2) is 4.68 Å². The van der Waals surface area contributed by atoms with Gasteiger partial charge in [0.15, 0.2) is 0 Å². The lowest BCUT2D eigenvalue weighted by atomic mass is 9.38. The van der Waals surface area contributed by atoms with Crippen LogP contribution in [0.15, 0.2) is 48.2 Å². The number of hydrogen-bond donors (Lipinski definition) is 2. The summed E-state index contributed by atoms with van der Waals surface area (Å²) in [7, 11) is 0. The molecular weight excluding hydrogens is 550 g/mol. The van der Waals surface area contributed by atoms with Gasteiger partial charge in [-0.05, 0) is 85.9 Å². The minimum absolute atomic E-state index is 0.0553. The number of esters is 1. The molecule has 240 valence electrons. The zero-order chi connectivity index (χ0) is 31.5. The van der Waals surface area contributed by atoms with E-state index in [1.165, 1.54) is 23.1 Å². The molecule has 0 saturated heterocycles. The fraction of sp³-hybridized carbons (Fsp3) is 0.703. The number of nitrogens with zero attached hydrogens (tertiary/aromatic N) is 3. The molecule has 1 aromatic carbocycles. The molecule has 6 rings (SSSR count). The van der Waals surface area contributed by atoms with E-state index < -0.39 is 0 Å².